The third-order valence-electron chi connectivity index (χ3n) is 3.79. The Labute approximate surface area is 83.4 Å². The number of unbranched alkanes of at least 4 members (excludes halogenated alkanes) is 1. The van der Waals surface area contributed by atoms with Crippen molar-refractivity contribution in [2.75, 3.05) is 0 Å². The van der Waals surface area contributed by atoms with Crippen LogP contribution in [0.1, 0.15) is 53.9 Å². The third kappa shape index (κ3) is 2.36. The quantitative estimate of drug-likeness (QED) is 0.562. The zero-order valence-corrected chi connectivity index (χ0v) is 9.85. The molecule has 0 amide bonds. The largest absolute Gasteiger partial charge is 0.0851 e. The van der Waals surface area contributed by atoms with Crippen molar-refractivity contribution in [1.29, 1.82) is 0 Å². The van der Waals surface area contributed by atoms with Crippen LogP contribution in [0.15, 0.2) is 11.6 Å². The van der Waals surface area contributed by atoms with Crippen LogP contribution >= 0.6 is 0 Å². The Balaban J connectivity index is 2.57. The van der Waals surface area contributed by atoms with E-state index >= 15 is 0 Å². The maximum atomic E-state index is 2.44. The lowest BCUT2D eigenvalue weighted by Crippen LogP contribution is -2.16. The molecular formula is C13H24. The summed E-state index contributed by atoms with van der Waals surface area (Å²) >= 11 is 0. The van der Waals surface area contributed by atoms with Crippen molar-refractivity contribution in [1.82, 2.24) is 0 Å². The topological polar surface area (TPSA) is 0 Å². The van der Waals surface area contributed by atoms with Gasteiger partial charge in [-0.15, -0.1) is 0 Å². The van der Waals surface area contributed by atoms with E-state index in [1.165, 1.54) is 19.3 Å². The van der Waals surface area contributed by atoms with E-state index in [9.17, 15) is 0 Å². The van der Waals surface area contributed by atoms with Gasteiger partial charge in [-0.2, -0.15) is 0 Å². The highest BCUT2D eigenvalue weighted by Gasteiger charge is 2.45. The van der Waals surface area contributed by atoms with Crippen molar-refractivity contribution in [2.45, 2.75) is 53.9 Å². The Morgan fingerprint density at radius 1 is 1.46 bits per heavy atom. The van der Waals surface area contributed by atoms with Gasteiger partial charge in [-0.25, -0.2) is 0 Å². The first-order valence-electron chi connectivity index (χ1n) is 5.67. The van der Waals surface area contributed by atoms with Crippen molar-refractivity contribution < 1.29 is 0 Å². The Morgan fingerprint density at radius 3 is 2.38 bits per heavy atom. The molecule has 0 aliphatic heterocycles. The first-order valence-corrected chi connectivity index (χ1v) is 5.67. The smallest absolute Gasteiger partial charge is 0.0117 e. The second-order valence-corrected chi connectivity index (χ2v) is 5.22. The van der Waals surface area contributed by atoms with Gasteiger partial charge in [0.2, 0.25) is 0 Å². The number of hydrogen-bond acceptors (Lipinski definition) is 0. The molecule has 0 nitrogen and oxygen atoms in total. The van der Waals surface area contributed by atoms with Crippen LogP contribution in [0.3, 0.4) is 0 Å². The Morgan fingerprint density at radius 2 is 2.00 bits per heavy atom. The fraction of sp³-hybridized carbons (Fsp3) is 0.846. The summed E-state index contributed by atoms with van der Waals surface area (Å²) in [5, 5.41) is 0. The van der Waals surface area contributed by atoms with Crippen LogP contribution in [0.4, 0.5) is 0 Å². The van der Waals surface area contributed by atoms with Crippen LogP contribution in [-0.4, -0.2) is 0 Å². The maximum absolute atomic E-state index is 2.44. The molecule has 0 spiro atoms. The highest BCUT2D eigenvalue weighted by molar-refractivity contribution is 5.15. The molecule has 0 bridgehead atoms. The normalized spacial score (nSPS) is 29.2. The van der Waals surface area contributed by atoms with E-state index in [-0.39, 0.29) is 0 Å². The summed E-state index contributed by atoms with van der Waals surface area (Å²) in [7, 11) is 0. The van der Waals surface area contributed by atoms with Crippen LogP contribution in [-0.2, 0) is 0 Å². The fourth-order valence-electron chi connectivity index (χ4n) is 2.24. The molecule has 2 unspecified atom stereocenters. The molecular weight excluding hydrogens is 156 g/mol. The predicted octanol–water partition coefficient (Wildman–Crippen LogP) is 4.42. The Hall–Kier alpha value is -0.260. The second-order valence-electron chi connectivity index (χ2n) is 5.22. The molecule has 0 aromatic heterocycles. The second kappa shape index (κ2) is 3.86. The Bertz CT molecular complexity index is 198. The summed E-state index contributed by atoms with van der Waals surface area (Å²) < 4.78 is 0. The average molecular weight is 180 g/mol. The first kappa shape index (κ1) is 10.8. The maximum Gasteiger partial charge on any atom is -0.0117 e. The SMILES string of the molecule is CCCC=C(C)C(C)(C)C1CC1C. The lowest BCUT2D eigenvalue weighted by Gasteiger charge is -2.26. The van der Waals surface area contributed by atoms with Crippen molar-refractivity contribution in [3.8, 4) is 0 Å². The van der Waals surface area contributed by atoms with Crippen LogP contribution in [0.2, 0.25) is 0 Å². The molecule has 0 heterocycles. The molecule has 1 saturated carbocycles. The predicted molar refractivity (Wildman–Crippen MR) is 59.7 cm³/mol. The highest BCUT2D eigenvalue weighted by Crippen LogP contribution is 2.53. The van der Waals surface area contributed by atoms with Crippen LogP contribution in [0, 0.1) is 17.3 Å². The molecule has 1 rings (SSSR count). The number of rotatable bonds is 4. The molecule has 13 heavy (non-hydrogen) atoms. The molecule has 0 aromatic rings. The summed E-state index contributed by atoms with van der Waals surface area (Å²) in [6, 6.07) is 0. The molecule has 1 aliphatic rings. The first-order chi connectivity index (χ1) is 6.00. The van der Waals surface area contributed by atoms with E-state index in [4.69, 9.17) is 0 Å². The highest BCUT2D eigenvalue weighted by atomic mass is 14.5. The van der Waals surface area contributed by atoms with Gasteiger partial charge in [0, 0.05) is 0 Å². The monoisotopic (exact) mass is 180 g/mol. The van der Waals surface area contributed by atoms with Gasteiger partial charge >= 0.3 is 0 Å². The van der Waals surface area contributed by atoms with E-state index in [2.05, 4.69) is 40.7 Å². The third-order valence-corrected chi connectivity index (χ3v) is 3.79. The van der Waals surface area contributed by atoms with Gasteiger partial charge in [0.15, 0.2) is 0 Å². The lowest BCUT2D eigenvalue weighted by atomic mass is 9.79. The minimum absolute atomic E-state index is 0.453. The van der Waals surface area contributed by atoms with Gasteiger partial charge in [-0.05, 0) is 37.0 Å². The average Bonchev–Trinajstić information content (AvgIpc) is 2.78. The fourth-order valence-corrected chi connectivity index (χ4v) is 2.24. The van der Waals surface area contributed by atoms with Gasteiger partial charge in [0.25, 0.3) is 0 Å². The van der Waals surface area contributed by atoms with Crippen LogP contribution in [0.5, 0.6) is 0 Å². The van der Waals surface area contributed by atoms with Crippen molar-refractivity contribution >= 4 is 0 Å². The molecule has 0 saturated heterocycles. The van der Waals surface area contributed by atoms with Crippen molar-refractivity contribution in [3.05, 3.63) is 11.6 Å². The minimum atomic E-state index is 0.453. The molecule has 0 radical (unpaired) electrons. The molecule has 76 valence electrons. The van der Waals surface area contributed by atoms with Gasteiger partial charge in [-0.3, -0.25) is 0 Å². The van der Waals surface area contributed by atoms with Crippen LogP contribution < -0.4 is 0 Å². The van der Waals surface area contributed by atoms with E-state index in [0.29, 0.717) is 5.41 Å². The van der Waals surface area contributed by atoms with E-state index < -0.39 is 0 Å². The lowest BCUT2D eigenvalue weighted by molar-refractivity contribution is 0.362. The van der Waals surface area contributed by atoms with E-state index in [0.717, 1.165) is 11.8 Å². The zero-order chi connectivity index (χ0) is 10.1. The van der Waals surface area contributed by atoms with Gasteiger partial charge in [-0.1, -0.05) is 45.8 Å². The van der Waals surface area contributed by atoms with Gasteiger partial charge in [0.05, 0.1) is 0 Å². The van der Waals surface area contributed by atoms with Crippen LogP contribution in [0.25, 0.3) is 0 Å². The van der Waals surface area contributed by atoms with Gasteiger partial charge in [0.1, 0.15) is 0 Å². The summed E-state index contributed by atoms with van der Waals surface area (Å²) in [4.78, 5) is 0. The van der Waals surface area contributed by atoms with E-state index in [1.807, 2.05) is 0 Å². The summed E-state index contributed by atoms with van der Waals surface area (Å²) in [6.07, 6.45) is 6.39. The number of allylic oxidation sites excluding steroid dienone is 2. The summed E-state index contributed by atoms with van der Waals surface area (Å²) in [5.74, 6) is 1.90. The van der Waals surface area contributed by atoms with E-state index in [1.54, 1.807) is 5.57 Å². The van der Waals surface area contributed by atoms with Gasteiger partial charge < -0.3 is 0 Å². The zero-order valence-electron chi connectivity index (χ0n) is 9.85. The molecule has 1 aliphatic carbocycles. The molecule has 0 aromatic carbocycles. The van der Waals surface area contributed by atoms with Crippen molar-refractivity contribution in [2.24, 2.45) is 17.3 Å². The molecule has 2 atom stereocenters. The van der Waals surface area contributed by atoms with Crippen molar-refractivity contribution in [3.63, 3.8) is 0 Å². The Kier molecular flexibility index (Phi) is 3.21. The molecule has 0 heteroatoms. The summed E-state index contributed by atoms with van der Waals surface area (Å²) in [5.41, 5.74) is 2.05. The molecule has 0 N–H and O–H groups in total. The minimum Gasteiger partial charge on any atom is -0.0851 e. The standard InChI is InChI=1S/C13H24/c1-6-7-8-11(3)13(4,5)12-9-10(12)2/h8,10,12H,6-7,9H2,1-5H3. The summed E-state index contributed by atoms with van der Waals surface area (Å²) in [6.45, 7) is 11.7. The number of hydrogen-bond donors (Lipinski definition) is 0. The molecule has 1 fully saturated rings.